The third kappa shape index (κ3) is 2.50. The summed E-state index contributed by atoms with van der Waals surface area (Å²) in [7, 11) is 0. The van der Waals surface area contributed by atoms with Crippen molar-refractivity contribution in [1.82, 2.24) is 0 Å². The highest BCUT2D eigenvalue weighted by Crippen LogP contribution is 2.42. The molecule has 1 unspecified atom stereocenters. The molecule has 0 amide bonds. The van der Waals surface area contributed by atoms with E-state index in [0.29, 0.717) is 5.78 Å². The highest BCUT2D eigenvalue weighted by Gasteiger charge is 2.37. The monoisotopic (exact) mass is 244 g/mol. The van der Waals surface area contributed by atoms with Crippen LogP contribution in [-0.2, 0) is 0 Å². The summed E-state index contributed by atoms with van der Waals surface area (Å²) >= 11 is 0. The Morgan fingerprint density at radius 1 is 1.17 bits per heavy atom. The van der Waals surface area contributed by atoms with E-state index in [4.69, 9.17) is 0 Å². The molecule has 1 aliphatic rings. The normalized spacial score (nSPS) is 22.8. The number of carbonyl (C=O) groups excluding carboxylic acids is 1. The average molecular weight is 244 g/mol. The quantitative estimate of drug-likeness (QED) is 0.689. The Balaban J connectivity index is 2.27. The van der Waals surface area contributed by atoms with Crippen molar-refractivity contribution in [2.24, 2.45) is 11.3 Å². The fourth-order valence-corrected chi connectivity index (χ4v) is 3.08. The summed E-state index contributed by atoms with van der Waals surface area (Å²) in [5.74, 6) is 0.552. The lowest BCUT2D eigenvalue weighted by atomic mass is 9.66. The molecule has 98 valence electrons. The standard InChI is InChI=1S/C17H24O/c1-12-8-9-14(11-13(12)2)16(18)15-7-5-6-10-17(15,3)4/h8-9,11,15H,5-7,10H2,1-4H3. The molecule has 0 N–H and O–H groups in total. The molecule has 1 aromatic rings. The van der Waals surface area contributed by atoms with E-state index >= 15 is 0 Å². The van der Waals surface area contributed by atoms with E-state index in [1.165, 1.54) is 30.4 Å². The van der Waals surface area contributed by atoms with Crippen molar-refractivity contribution in [2.45, 2.75) is 53.4 Å². The van der Waals surface area contributed by atoms with Gasteiger partial charge in [-0.2, -0.15) is 0 Å². The minimum atomic E-state index is 0.161. The maximum absolute atomic E-state index is 12.7. The zero-order valence-corrected chi connectivity index (χ0v) is 12.0. The van der Waals surface area contributed by atoms with Crippen LogP contribution in [-0.4, -0.2) is 5.78 Å². The summed E-state index contributed by atoms with van der Waals surface area (Å²) in [6, 6.07) is 6.12. The van der Waals surface area contributed by atoms with Crippen molar-refractivity contribution in [3.05, 3.63) is 34.9 Å². The first-order valence-electron chi connectivity index (χ1n) is 7.03. The van der Waals surface area contributed by atoms with E-state index in [2.05, 4.69) is 39.8 Å². The van der Waals surface area contributed by atoms with Crippen LogP contribution in [0.1, 0.15) is 61.0 Å². The maximum atomic E-state index is 12.7. The zero-order valence-electron chi connectivity index (χ0n) is 12.0. The number of hydrogen-bond donors (Lipinski definition) is 0. The SMILES string of the molecule is Cc1ccc(C(=O)C2CCCCC2(C)C)cc1C. The maximum Gasteiger partial charge on any atom is 0.166 e. The Labute approximate surface area is 111 Å². The number of aryl methyl sites for hydroxylation is 2. The first-order valence-corrected chi connectivity index (χ1v) is 7.03. The molecule has 0 heterocycles. The molecule has 1 aliphatic carbocycles. The lowest BCUT2D eigenvalue weighted by Crippen LogP contribution is -2.34. The number of benzene rings is 1. The van der Waals surface area contributed by atoms with Crippen molar-refractivity contribution >= 4 is 5.78 Å². The summed E-state index contributed by atoms with van der Waals surface area (Å²) in [5.41, 5.74) is 3.54. The third-order valence-electron chi connectivity index (χ3n) is 4.62. The van der Waals surface area contributed by atoms with Crippen molar-refractivity contribution < 1.29 is 4.79 Å². The van der Waals surface area contributed by atoms with Crippen LogP contribution in [0.2, 0.25) is 0 Å². The summed E-state index contributed by atoms with van der Waals surface area (Å²) in [5, 5.41) is 0. The molecule has 0 aliphatic heterocycles. The van der Waals surface area contributed by atoms with Gasteiger partial charge in [0.05, 0.1) is 0 Å². The zero-order chi connectivity index (χ0) is 13.3. The first-order chi connectivity index (χ1) is 8.42. The Kier molecular flexibility index (Phi) is 3.61. The highest BCUT2D eigenvalue weighted by molar-refractivity contribution is 5.98. The molecule has 0 radical (unpaired) electrons. The summed E-state index contributed by atoms with van der Waals surface area (Å²) in [4.78, 5) is 12.7. The number of ketones is 1. The minimum absolute atomic E-state index is 0.161. The molecule has 1 saturated carbocycles. The first kappa shape index (κ1) is 13.3. The van der Waals surface area contributed by atoms with Crippen LogP contribution in [0, 0.1) is 25.2 Å². The fraction of sp³-hybridized carbons (Fsp3) is 0.588. The molecule has 1 nitrogen and oxygen atoms in total. The molecule has 0 spiro atoms. The summed E-state index contributed by atoms with van der Waals surface area (Å²) < 4.78 is 0. The predicted octanol–water partition coefficient (Wildman–Crippen LogP) is 4.70. The van der Waals surface area contributed by atoms with Gasteiger partial charge in [0.2, 0.25) is 0 Å². The molecule has 1 atom stereocenters. The van der Waals surface area contributed by atoms with E-state index in [0.717, 1.165) is 12.0 Å². The van der Waals surface area contributed by atoms with Crippen LogP contribution >= 0.6 is 0 Å². The lowest BCUT2D eigenvalue weighted by molar-refractivity contribution is 0.0697. The smallest absolute Gasteiger partial charge is 0.166 e. The molecular weight excluding hydrogens is 220 g/mol. The van der Waals surface area contributed by atoms with Gasteiger partial charge in [0.15, 0.2) is 5.78 Å². The molecule has 1 aromatic carbocycles. The summed E-state index contributed by atoms with van der Waals surface area (Å²) in [6.45, 7) is 8.66. The minimum Gasteiger partial charge on any atom is -0.294 e. The van der Waals surface area contributed by atoms with Gasteiger partial charge in [0.25, 0.3) is 0 Å². The fourth-order valence-electron chi connectivity index (χ4n) is 3.08. The average Bonchev–Trinajstić information content (AvgIpc) is 2.31. The van der Waals surface area contributed by atoms with Gasteiger partial charge < -0.3 is 0 Å². The van der Waals surface area contributed by atoms with E-state index in [9.17, 15) is 4.79 Å². The second-order valence-corrected chi connectivity index (χ2v) is 6.45. The van der Waals surface area contributed by atoms with Gasteiger partial charge in [-0.15, -0.1) is 0 Å². The van der Waals surface area contributed by atoms with Crippen LogP contribution in [0.15, 0.2) is 18.2 Å². The van der Waals surface area contributed by atoms with Crippen molar-refractivity contribution in [3.8, 4) is 0 Å². The Hall–Kier alpha value is -1.11. The van der Waals surface area contributed by atoms with Gasteiger partial charge in [-0.05, 0) is 49.3 Å². The highest BCUT2D eigenvalue weighted by atomic mass is 16.1. The third-order valence-corrected chi connectivity index (χ3v) is 4.62. The van der Waals surface area contributed by atoms with Crippen LogP contribution in [0.4, 0.5) is 0 Å². The van der Waals surface area contributed by atoms with E-state index in [1.54, 1.807) is 0 Å². The second-order valence-electron chi connectivity index (χ2n) is 6.45. The van der Waals surface area contributed by atoms with Gasteiger partial charge in [-0.25, -0.2) is 0 Å². The Morgan fingerprint density at radius 2 is 1.89 bits per heavy atom. The number of hydrogen-bond acceptors (Lipinski definition) is 1. The van der Waals surface area contributed by atoms with Crippen LogP contribution < -0.4 is 0 Å². The largest absolute Gasteiger partial charge is 0.294 e. The molecule has 1 heteroatoms. The molecule has 18 heavy (non-hydrogen) atoms. The molecule has 2 rings (SSSR count). The van der Waals surface area contributed by atoms with Gasteiger partial charge in [-0.1, -0.05) is 38.8 Å². The molecule has 0 bridgehead atoms. The van der Waals surface area contributed by atoms with E-state index in [1.807, 2.05) is 6.07 Å². The van der Waals surface area contributed by atoms with Crippen LogP contribution in [0.25, 0.3) is 0 Å². The molecule has 1 fully saturated rings. The number of rotatable bonds is 2. The van der Waals surface area contributed by atoms with Crippen molar-refractivity contribution in [1.29, 1.82) is 0 Å². The predicted molar refractivity (Wildman–Crippen MR) is 76.0 cm³/mol. The number of Topliss-reactive ketones (excluding diaryl/α,β-unsaturated/α-hetero) is 1. The lowest BCUT2D eigenvalue weighted by Gasteiger charge is -2.37. The topological polar surface area (TPSA) is 17.1 Å². The van der Waals surface area contributed by atoms with Crippen LogP contribution in [0.5, 0.6) is 0 Å². The van der Waals surface area contributed by atoms with Gasteiger partial charge in [-0.3, -0.25) is 4.79 Å². The number of carbonyl (C=O) groups is 1. The van der Waals surface area contributed by atoms with Gasteiger partial charge >= 0.3 is 0 Å². The Morgan fingerprint density at radius 3 is 2.50 bits per heavy atom. The summed E-state index contributed by atoms with van der Waals surface area (Å²) in [6.07, 6.45) is 4.70. The Bertz CT molecular complexity index is 457. The molecule has 0 aromatic heterocycles. The van der Waals surface area contributed by atoms with Gasteiger partial charge in [0, 0.05) is 11.5 Å². The van der Waals surface area contributed by atoms with E-state index in [-0.39, 0.29) is 11.3 Å². The molecular formula is C17H24O. The van der Waals surface area contributed by atoms with Crippen molar-refractivity contribution in [3.63, 3.8) is 0 Å². The van der Waals surface area contributed by atoms with Crippen LogP contribution in [0.3, 0.4) is 0 Å². The van der Waals surface area contributed by atoms with Gasteiger partial charge in [0.1, 0.15) is 0 Å². The molecule has 0 saturated heterocycles. The van der Waals surface area contributed by atoms with Crippen molar-refractivity contribution in [2.75, 3.05) is 0 Å². The van der Waals surface area contributed by atoms with E-state index < -0.39 is 0 Å². The second kappa shape index (κ2) is 4.87.